The minimum absolute atomic E-state index is 0.0614. The largest absolute Gasteiger partial charge is 0.479 e. The van der Waals surface area contributed by atoms with Crippen LogP contribution in [0.5, 0.6) is 0 Å². The molecule has 0 spiro atoms. The number of aromatic nitrogens is 1. The number of carboxylic acid groups (broad SMARTS) is 1. The molecule has 1 N–H and O–H groups in total. The molecule has 0 saturated carbocycles. The molecule has 1 fully saturated rings. The smallest absolute Gasteiger partial charge is 0.343 e. The van der Waals surface area contributed by atoms with E-state index in [0.717, 1.165) is 4.90 Å². The van der Waals surface area contributed by atoms with Gasteiger partial charge < -0.3 is 10.0 Å². The summed E-state index contributed by atoms with van der Waals surface area (Å²) >= 11 is 5.64. The second kappa shape index (κ2) is 4.53. The lowest BCUT2D eigenvalue weighted by atomic mass is 10.1. The molecule has 0 aliphatic carbocycles. The highest BCUT2D eigenvalue weighted by Crippen LogP contribution is 2.26. The fraction of sp³-hybridized carbons (Fsp3) is 0.364. The number of hydrogen-bond acceptors (Lipinski definition) is 3. The molecule has 0 aromatic carbocycles. The fourth-order valence-corrected chi connectivity index (χ4v) is 1.90. The van der Waals surface area contributed by atoms with Crippen LogP contribution >= 0.6 is 11.6 Å². The number of nitrogens with zero attached hydrogens (tertiary/aromatic N) is 2. The summed E-state index contributed by atoms with van der Waals surface area (Å²) < 4.78 is 13.8. The Kier molecular flexibility index (Phi) is 3.21. The number of rotatable bonds is 2. The standard InChI is InChI=1S/C11H10ClFN2O3/c12-7-1-2-8(14-5-7)9(16)15-4-3-11(13,6-15)10(17)18/h1-2,5H,3-4,6H2,(H,17,18). The maximum absolute atomic E-state index is 13.8. The van der Waals surface area contributed by atoms with Crippen molar-refractivity contribution in [3.8, 4) is 0 Å². The molecule has 96 valence electrons. The first-order chi connectivity index (χ1) is 8.42. The molecule has 5 nitrogen and oxygen atoms in total. The fourth-order valence-electron chi connectivity index (χ4n) is 1.79. The molecule has 0 bridgehead atoms. The summed E-state index contributed by atoms with van der Waals surface area (Å²) in [5, 5.41) is 9.12. The lowest BCUT2D eigenvalue weighted by Crippen LogP contribution is -2.39. The summed E-state index contributed by atoms with van der Waals surface area (Å²) in [6.07, 6.45) is 1.10. The number of aliphatic carboxylic acids is 1. The van der Waals surface area contributed by atoms with Gasteiger partial charge in [-0.05, 0) is 12.1 Å². The average molecular weight is 273 g/mol. The lowest BCUT2D eigenvalue weighted by molar-refractivity contribution is -0.149. The first-order valence-corrected chi connectivity index (χ1v) is 5.63. The zero-order chi connectivity index (χ0) is 13.3. The van der Waals surface area contributed by atoms with E-state index in [9.17, 15) is 14.0 Å². The highest BCUT2D eigenvalue weighted by atomic mass is 35.5. The van der Waals surface area contributed by atoms with Crippen LogP contribution in [0.1, 0.15) is 16.9 Å². The van der Waals surface area contributed by atoms with E-state index in [1.54, 1.807) is 0 Å². The number of likely N-dealkylation sites (tertiary alicyclic amines) is 1. The third-order valence-electron chi connectivity index (χ3n) is 2.84. The number of carboxylic acids is 1. The predicted molar refractivity (Wildman–Crippen MR) is 61.2 cm³/mol. The Bertz CT molecular complexity index is 494. The minimum Gasteiger partial charge on any atom is -0.479 e. The van der Waals surface area contributed by atoms with Crippen molar-refractivity contribution in [2.24, 2.45) is 0 Å². The van der Waals surface area contributed by atoms with Crippen molar-refractivity contribution in [3.63, 3.8) is 0 Å². The molecule has 1 atom stereocenters. The van der Waals surface area contributed by atoms with E-state index >= 15 is 0 Å². The van der Waals surface area contributed by atoms with E-state index in [-0.39, 0.29) is 18.7 Å². The highest BCUT2D eigenvalue weighted by molar-refractivity contribution is 6.30. The molecular formula is C11H10ClFN2O3. The predicted octanol–water partition coefficient (Wildman–Crippen LogP) is 1.37. The molecule has 2 heterocycles. The van der Waals surface area contributed by atoms with Crippen LogP contribution in [0.25, 0.3) is 0 Å². The van der Waals surface area contributed by atoms with Crippen molar-refractivity contribution in [1.29, 1.82) is 0 Å². The van der Waals surface area contributed by atoms with Gasteiger partial charge in [-0.25, -0.2) is 14.2 Å². The van der Waals surface area contributed by atoms with Crippen LogP contribution in [-0.4, -0.2) is 45.6 Å². The maximum atomic E-state index is 13.8. The third-order valence-corrected chi connectivity index (χ3v) is 3.06. The number of carbonyl (C=O) groups is 2. The van der Waals surface area contributed by atoms with Gasteiger partial charge in [0, 0.05) is 19.2 Å². The van der Waals surface area contributed by atoms with Crippen LogP contribution in [0, 0.1) is 0 Å². The lowest BCUT2D eigenvalue weighted by Gasteiger charge is -2.17. The van der Waals surface area contributed by atoms with Crippen molar-refractivity contribution in [1.82, 2.24) is 9.88 Å². The van der Waals surface area contributed by atoms with Crippen LogP contribution in [0.2, 0.25) is 5.02 Å². The maximum Gasteiger partial charge on any atom is 0.343 e. The zero-order valence-corrected chi connectivity index (χ0v) is 10.0. The quantitative estimate of drug-likeness (QED) is 0.883. The second-order valence-electron chi connectivity index (χ2n) is 4.11. The highest BCUT2D eigenvalue weighted by Gasteiger charge is 2.47. The molecule has 0 radical (unpaired) electrons. The number of pyridine rings is 1. The van der Waals surface area contributed by atoms with E-state index in [1.165, 1.54) is 18.3 Å². The van der Waals surface area contributed by atoms with Gasteiger partial charge in [-0.1, -0.05) is 11.6 Å². The molecule has 18 heavy (non-hydrogen) atoms. The number of amides is 1. The summed E-state index contributed by atoms with van der Waals surface area (Å²) in [4.78, 5) is 27.6. The number of carbonyl (C=O) groups excluding carboxylic acids is 1. The van der Waals surface area contributed by atoms with E-state index < -0.39 is 24.1 Å². The zero-order valence-electron chi connectivity index (χ0n) is 9.27. The Morgan fingerprint density at radius 2 is 2.22 bits per heavy atom. The van der Waals surface area contributed by atoms with Gasteiger partial charge in [0.15, 0.2) is 0 Å². The molecule has 1 unspecified atom stereocenters. The Morgan fingerprint density at radius 1 is 1.50 bits per heavy atom. The van der Waals surface area contributed by atoms with Gasteiger partial charge >= 0.3 is 5.97 Å². The molecule has 1 amide bonds. The second-order valence-corrected chi connectivity index (χ2v) is 4.55. The summed E-state index contributed by atoms with van der Waals surface area (Å²) in [5.41, 5.74) is -2.24. The minimum atomic E-state index is -2.36. The number of hydrogen-bond donors (Lipinski definition) is 1. The topological polar surface area (TPSA) is 70.5 Å². The Labute approximate surface area is 107 Å². The molecule has 1 aliphatic rings. The molecule has 1 saturated heterocycles. The van der Waals surface area contributed by atoms with Crippen molar-refractivity contribution in [3.05, 3.63) is 29.0 Å². The summed E-state index contributed by atoms with van der Waals surface area (Å²) in [7, 11) is 0. The van der Waals surface area contributed by atoms with Gasteiger partial charge in [-0.3, -0.25) is 4.79 Å². The average Bonchev–Trinajstić information content (AvgIpc) is 2.73. The number of alkyl halides is 1. The summed E-state index contributed by atoms with van der Waals surface area (Å²) in [6, 6.07) is 2.92. The molecule has 1 aromatic rings. The molecule has 2 rings (SSSR count). The van der Waals surface area contributed by atoms with Gasteiger partial charge in [-0.2, -0.15) is 0 Å². The first-order valence-electron chi connectivity index (χ1n) is 5.25. The van der Waals surface area contributed by atoms with E-state index in [4.69, 9.17) is 16.7 Å². The third kappa shape index (κ3) is 2.28. The van der Waals surface area contributed by atoms with Crippen molar-refractivity contribution in [2.75, 3.05) is 13.1 Å². The van der Waals surface area contributed by atoms with Gasteiger partial charge in [0.05, 0.1) is 11.6 Å². The molecule has 1 aliphatic heterocycles. The van der Waals surface area contributed by atoms with Crippen molar-refractivity contribution >= 4 is 23.5 Å². The summed E-state index contributed by atoms with van der Waals surface area (Å²) in [6.45, 7) is -0.391. The van der Waals surface area contributed by atoms with Crippen LogP contribution in [-0.2, 0) is 4.79 Å². The summed E-state index contributed by atoms with van der Waals surface area (Å²) in [5.74, 6) is -2.03. The van der Waals surface area contributed by atoms with E-state index in [1.807, 2.05) is 0 Å². The Hall–Kier alpha value is -1.69. The normalized spacial score (nSPS) is 23.1. The van der Waals surface area contributed by atoms with Crippen LogP contribution in [0.15, 0.2) is 18.3 Å². The molecule has 1 aromatic heterocycles. The Morgan fingerprint density at radius 3 is 2.72 bits per heavy atom. The van der Waals surface area contributed by atoms with Crippen molar-refractivity contribution < 1.29 is 19.1 Å². The van der Waals surface area contributed by atoms with Crippen molar-refractivity contribution in [2.45, 2.75) is 12.1 Å². The molecule has 7 heteroatoms. The van der Waals surface area contributed by atoms with E-state index in [2.05, 4.69) is 4.98 Å². The molecular weight excluding hydrogens is 263 g/mol. The van der Waals surface area contributed by atoms with Crippen LogP contribution in [0.3, 0.4) is 0 Å². The van der Waals surface area contributed by atoms with Gasteiger partial charge in [-0.15, -0.1) is 0 Å². The SMILES string of the molecule is O=C(c1ccc(Cl)cn1)N1CCC(F)(C(=O)O)C1. The first kappa shape index (κ1) is 12.8. The van der Waals surface area contributed by atoms with Gasteiger partial charge in [0.2, 0.25) is 5.67 Å². The number of halogens is 2. The van der Waals surface area contributed by atoms with Gasteiger partial charge in [0.1, 0.15) is 5.69 Å². The van der Waals surface area contributed by atoms with Crippen LogP contribution < -0.4 is 0 Å². The van der Waals surface area contributed by atoms with Crippen LogP contribution in [0.4, 0.5) is 4.39 Å². The Balaban J connectivity index is 2.12. The monoisotopic (exact) mass is 272 g/mol. The van der Waals surface area contributed by atoms with Gasteiger partial charge in [0.25, 0.3) is 5.91 Å². The van der Waals surface area contributed by atoms with E-state index in [0.29, 0.717) is 5.02 Å².